The molecule has 0 aliphatic rings. The van der Waals surface area contributed by atoms with Gasteiger partial charge >= 0.3 is 24.8 Å². The molecule has 0 aliphatic heterocycles. The molecule has 0 saturated heterocycles. The number of urea groups is 2. The number of hydrogen-bond donors (Lipinski definition) is 6. The predicted octanol–water partition coefficient (Wildman–Crippen LogP) is 7.86. The van der Waals surface area contributed by atoms with Gasteiger partial charge in [0.2, 0.25) is 11.9 Å². The van der Waals surface area contributed by atoms with Crippen molar-refractivity contribution in [2.75, 3.05) is 39.4 Å². The van der Waals surface area contributed by atoms with Gasteiger partial charge in [-0.25, -0.2) is 19.6 Å². The van der Waals surface area contributed by atoms with Crippen LogP contribution in [0.25, 0.3) is 0 Å². The molecule has 290 valence electrons. The molecule has 0 fully saturated rings. The Hall–Kier alpha value is -7.06. The minimum atomic E-state index is -4.78. The van der Waals surface area contributed by atoms with Crippen molar-refractivity contribution in [3.05, 3.63) is 102 Å². The molecule has 55 heavy (non-hydrogen) atoms. The van der Waals surface area contributed by atoms with Crippen molar-refractivity contribution in [2.24, 2.45) is 0 Å². The van der Waals surface area contributed by atoms with Gasteiger partial charge in [-0.05, 0) is 80.1 Å². The number of nitrogens with zero attached hydrogens (tertiary/aromatic N) is 4. The number of nitrogens with two attached hydrogens (primary N) is 1. The van der Waals surface area contributed by atoms with E-state index in [1.54, 1.807) is 27.0 Å². The fourth-order valence-electron chi connectivity index (χ4n) is 4.31. The summed E-state index contributed by atoms with van der Waals surface area (Å²) >= 11 is 0. The van der Waals surface area contributed by atoms with Crippen molar-refractivity contribution in [2.45, 2.75) is 33.1 Å². The van der Waals surface area contributed by atoms with Gasteiger partial charge in [-0.1, -0.05) is 12.1 Å². The van der Waals surface area contributed by atoms with Crippen LogP contribution in [0.15, 0.2) is 84.9 Å². The Morgan fingerprint density at radius 1 is 0.618 bits per heavy atom. The summed E-state index contributed by atoms with van der Waals surface area (Å²) in [6.45, 7) is 3.93. The van der Waals surface area contributed by atoms with Gasteiger partial charge in [0.25, 0.3) is 0 Å². The summed E-state index contributed by atoms with van der Waals surface area (Å²) in [6.07, 6.45) is -9.55. The third-order valence-corrected chi connectivity index (χ3v) is 6.50. The van der Waals surface area contributed by atoms with E-state index >= 15 is 0 Å². The zero-order chi connectivity index (χ0) is 40.2. The van der Waals surface area contributed by atoms with Crippen molar-refractivity contribution >= 4 is 47.0 Å². The van der Waals surface area contributed by atoms with Gasteiger partial charge in [-0.15, -0.1) is 26.3 Å². The summed E-state index contributed by atoms with van der Waals surface area (Å²) in [4.78, 5) is 40.2. The first-order chi connectivity index (χ1) is 25.9. The first-order valence-electron chi connectivity index (χ1n) is 15.6. The van der Waals surface area contributed by atoms with Crippen LogP contribution in [0, 0.1) is 13.8 Å². The van der Waals surface area contributed by atoms with Gasteiger partial charge < -0.3 is 35.9 Å². The van der Waals surface area contributed by atoms with E-state index in [4.69, 9.17) is 10.5 Å². The summed E-state index contributed by atoms with van der Waals surface area (Å²) in [5.41, 5.74) is 8.26. The van der Waals surface area contributed by atoms with Gasteiger partial charge in [0.05, 0.1) is 7.11 Å². The number of methoxy groups -OCH3 is 1. The normalized spacial score (nSPS) is 10.9. The SMILES string of the molecule is COc1ccc(CNc2cc(C)nc(NC(=O)Nc3ccc(OC(F)(F)F)cc3)n2)cc1.Cc1cc(N)nc(NC(=O)Nc2ccc(OC(F)(F)F)cc2)n1. The average molecular weight is 775 g/mol. The quantitative estimate of drug-likeness (QED) is 0.0755. The van der Waals surface area contributed by atoms with Crippen molar-refractivity contribution < 1.29 is 50.1 Å². The van der Waals surface area contributed by atoms with E-state index in [1.165, 1.54) is 30.3 Å². The van der Waals surface area contributed by atoms with Crippen molar-refractivity contribution in [1.82, 2.24) is 19.9 Å². The monoisotopic (exact) mass is 774 g/mol. The number of nitrogens with one attached hydrogen (secondary N) is 5. The maximum atomic E-state index is 12.2. The third kappa shape index (κ3) is 14.8. The second-order valence-electron chi connectivity index (χ2n) is 11.0. The Bertz CT molecular complexity index is 2030. The molecule has 21 heteroatoms. The Labute approximate surface area is 308 Å². The fourth-order valence-corrected chi connectivity index (χ4v) is 4.31. The van der Waals surface area contributed by atoms with E-state index in [9.17, 15) is 35.9 Å². The van der Waals surface area contributed by atoms with Crippen LogP contribution in [-0.2, 0) is 6.54 Å². The van der Waals surface area contributed by atoms with Gasteiger partial charge in [-0.2, -0.15) is 9.97 Å². The number of nitrogen functional groups attached to an aromatic ring is 1. The number of carbonyl (C=O) groups excluding carboxylic acids is 2. The number of anilines is 6. The summed E-state index contributed by atoms with van der Waals surface area (Å²) in [5.74, 6) is 0.760. The van der Waals surface area contributed by atoms with Crippen molar-refractivity contribution in [3.63, 3.8) is 0 Å². The first-order valence-corrected chi connectivity index (χ1v) is 15.6. The molecule has 3 aromatic carbocycles. The lowest BCUT2D eigenvalue weighted by molar-refractivity contribution is -0.275. The number of ether oxygens (including phenoxy) is 3. The van der Waals surface area contributed by atoms with Gasteiger partial charge in [0.15, 0.2) is 0 Å². The molecule has 5 rings (SSSR count). The molecule has 15 nitrogen and oxygen atoms in total. The molecule has 0 bridgehead atoms. The number of halogens is 6. The summed E-state index contributed by atoms with van der Waals surface area (Å²) in [7, 11) is 1.60. The number of rotatable bonds is 10. The molecular formula is C34H32F6N10O5. The number of benzene rings is 3. The van der Waals surface area contributed by atoms with Crippen LogP contribution in [-0.4, -0.2) is 51.8 Å². The minimum absolute atomic E-state index is 0.0111. The number of aromatic nitrogens is 4. The molecule has 0 saturated carbocycles. The van der Waals surface area contributed by atoms with E-state index in [-0.39, 0.29) is 29.1 Å². The van der Waals surface area contributed by atoms with Crippen LogP contribution in [0.1, 0.15) is 17.0 Å². The molecule has 0 unspecified atom stereocenters. The lowest BCUT2D eigenvalue weighted by atomic mass is 10.2. The summed E-state index contributed by atoms with van der Waals surface area (Å²) in [6, 6.07) is 18.9. The molecule has 5 aromatic rings. The molecule has 7 N–H and O–H groups in total. The van der Waals surface area contributed by atoms with E-state index in [0.29, 0.717) is 23.8 Å². The molecule has 0 spiro atoms. The number of carbonyl (C=O) groups is 2. The Morgan fingerprint density at radius 2 is 1.05 bits per heavy atom. The molecule has 2 heterocycles. The zero-order valence-corrected chi connectivity index (χ0v) is 29.0. The molecule has 0 aliphatic carbocycles. The number of aryl methyl sites for hydroxylation is 2. The molecular weight excluding hydrogens is 742 g/mol. The standard InChI is InChI=1S/C21H20F3N5O3.C13H12F3N5O2/c1-13-11-18(25-12-14-3-7-16(31-2)8-4-14)28-19(26-13)29-20(30)27-15-5-9-17(10-6-15)32-21(22,23)24;1-7-6-10(17)20-11(18-7)21-12(22)19-8-2-4-9(5-3-8)23-13(14,15)16/h3-11H,12H2,1-2H3,(H3,25,26,27,28,29,30);2-6H,1H3,(H4,17,18,19,20,21,22). The second-order valence-corrected chi connectivity index (χ2v) is 11.0. The minimum Gasteiger partial charge on any atom is -0.497 e. The van der Waals surface area contributed by atoms with Crippen LogP contribution >= 0.6 is 0 Å². The summed E-state index contributed by atoms with van der Waals surface area (Å²) in [5, 5.41) is 12.9. The molecule has 4 amide bonds. The second kappa shape index (κ2) is 18.1. The van der Waals surface area contributed by atoms with E-state index in [0.717, 1.165) is 35.6 Å². The fraction of sp³-hybridized carbons (Fsp3) is 0.176. The topological polar surface area (TPSA) is 200 Å². The first kappa shape index (κ1) is 40.7. The van der Waals surface area contributed by atoms with Crippen LogP contribution < -0.4 is 46.5 Å². The van der Waals surface area contributed by atoms with Gasteiger partial charge in [0.1, 0.15) is 28.9 Å². The Kier molecular flexibility index (Phi) is 13.4. The Balaban J connectivity index is 0.000000258. The summed E-state index contributed by atoms with van der Waals surface area (Å²) < 4.78 is 85.4. The van der Waals surface area contributed by atoms with Crippen LogP contribution in [0.4, 0.5) is 70.8 Å². The zero-order valence-electron chi connectivity index (χ0n) is 29.0. The van der Waals surface area contributed by atoms with Crippen molar-refractivity contribution in [1.29, 1.82) is 0 Å². The Morgan fingerprint density at radius 3 is 1.49 bits per heavy atom. The van der Waals surface area contributed by atoms with E-state index in [1.807, 2.05) is 24.3 Å². The van der Waals surface area contributed by atoms with Gasteiger partial charge in [0, 0.05) is 41.4 Å². The van der Waals surface area contributed by atoms with Crippen LogP contribution in [0.2, 0.25) is 0 Å². The maximum Gasteiger partial charge on any atom is 0.573 e. The number of hydrogen-bond acceptors (Lipinski definition) is 11. The molecule has 0 atom stereocenters. The predicted molar refractivity (Wildman–Crippen MR) is 190 cm³/mol. The van der Waals surface area contributed by atoms with E-state index < -0.39 is 36.3 Å². The highest BCUT2D eigenvalue weighted by molar-refractivity contribution is 5.99. The van der Waals surface area contributed by atoms with Gasteiger partial charge in [-0.3, -0.25) is 10.6 Å². The largest absolute Gasteiger partial charge is 0.573 e. The third-order valence-electron chi connectivity index (χ3n) is 6.50. The molecule has 2 aromatic heterocycles. The van der Waals surface area contributed by atoms with Crippen molar-refractivity contribution in [3.8, 4) is 17.2 Å². The lowest BCUT2D eigenvalue weighted by Gasteiger charge is -2.11. The smallest absolute Gasteiger partial charge is 0.497 e. The average Bonchev–Trinajstić information content (AvgIpc) is 3.07. The maximum absolute atomic E-state index is 12.2. The highest BCUT2D eigenvalue weighted by atomic mass is 19.4. The van der Waals surface area contributed by atoms with Crippen LogP contribution in [0.5, 0.6) is 17.2 Å². The number of alkyl halides is 6. The highest BCUT2D eigenvalue weighted by Crippen LogP contribution is 2.25. The lowest BCUT2D eigenvalue weighted by Crippen LogP contribution is -2.21. The van der Waals surface area contributed by atoms with E-state index in [2.05, 4.69) is 56.0 Å². The highest BCUT2D eigenvalue weighted by Gasteiger charge is 2.31. The molecule has 0 radical (unpaired) electrons. The van der Waals surface area contributed by atoms with Crippen LogP contribution in [0.3, 0.4) is 0 Å². The number of amides is 4.